The largest absolute Gasteiger partial charge is 0.393 e. The van der Waals surface area contributed by atoms with Crippen LogP contribution in [-0.2, 0) is 0 Å². The van der Waals surface area contributed by atoms with Gasteiger partial charge in [-0.3, -0.25) is 0 Å². The zero-order valence-electron chi connectivity index (χ0n) is 11.2. The molecule has 0 aliphatic heterocycles. The van der Waals surface area contributed by atoms with Crippen LogP contribution in [0.5, 0.6) is 0 Å². The molecule has 1 atom stereocenters. The second-order valence-electron chi connectivity index (χ2n) is 5.96. The Balaban J connectivity index is 3.29. The van der Waals surface area contributed by atoms with Crippen molar-refractivity contribution in [3.63, 3.8) is 0 Å². The molecule has 0 unspecified atom stereocenters. The van der Waals surface area contributed by atoms with Gasteiger partial charge in [-0.2, -0.15) is 0 Å². The van der Waals surface area contributed by atoms with Crippen LogP contribution in [0.15, 0.2) is 0 Å². The molecule has 0 bridgehead atoms. The molecular formula is C14H30O. The third-order valence-corrected chi connectivity index (χ3v) is 2.86. The van der Waals surface area contributed by atoms with Crippen LogP contribution in [-0.4, -0.2) is 11.2 Å². The van der Waals surface area contributed by atoms with Crippen molar-refractivity contribution in [3.05, 3.63) is 0 Å². The van der Waals surface area contributed by atoms with E-state index in [0.717, 1.165) is 12.8 Å². The minimum atomic E-state index is -0.0517. The van der Waals surface area contributed by atoms with Crippen molar-refractivity contribution in [2.75, 3.05) is 0 Å². The molecule has 1 nitrogen and oxygen atoms in total. The van der Waals surface area contributed by atoms with Crippen molar-refractivity contribution in [1.29, 1.82) is 0 Å². The molecule has 0 amide bonds. The fourth-order valence-corrected chi connectivity index (χ4v) is 1.82. The van der Waals surface area contributed by atoms with Gasteiger partial charge in [0.1, 0.15) is 0 Å². The SMILES string of the molecule is CCCCCC[C@H](O)CCCC(C)(C)C. The Bertz CT molecular complexity index is 135. The van der Waals surface area contributed by atoms with Crippen molar-refractivity contribution in [2.24, 2.45) is 5.41 Å². The Morgan fingerprint density at radius 1 is 0.933 bits per heavy atom. The third kappa shape index (κ3) is 11.9. The molecular weight excluding hydrogens is 184 g/mol. The van der Waals surface area contributed by atoms with Gasteiger partial charge in [-0.15, -0.1) is 0 Å². The summed E-state index contributed by atoms with van der Waals surface area (Å²) < 4.78 is 0. The minimum absolute atomic E-state index is 0.0517. The molecule has 0 aromatic carbocycles. The highest BCUT2D eigenvalue weighted by Gasteiger charge is 2.11. The highest BCUT2D eigenvalue weighted by Crippen LogP contribution is 2.22. The van der Waals surface area contributed by atoms with Crippen molar-refractivity contribution in [2.45, 2.75) is 85.2 Å². The van der Waals surface area contributed by atoms with Gasteiger partial charge in [0.05, 0.1) is 6.10 Å². The first-order valence-corrected chi connectivity index (χ1v) is 6.64. The summed E-state index contributed by atoms with van der Waals surface area (Å²) in [5.74, 6) is 0. The highest BCUT2D eigenvalue weighted by atomic mass is 16.3. The molecule has 0 saturated carbocycles. The number of unbranched alkanes of at least 4 members (excludes halogenated alkanes) is 3. The molecule has 0 rings (SSSR count). The van der Waals surface area contributed by atoms with Gasteiger partial charge in [-0.05, 0) is 24.7 Å². The van der Waals surface area contributed by atoms with E-state index in [-0.39, 0.29) is 6.10 Å². The molecule has 0 aliphatic carbocycles. The predicted octanol–water partition coefficient (Wildman–Crippen LogP) is 4.53. The van der Waals surface area contributed by atoms with Crippen LogP contribution >= 0.6 is 0 Å². The van der Waals surface area contributed by atoms with Gasteiger partial charge in [-0.25, -0.2) is 0 Å². The maximum atomic E-state index is 9.75. The molecule has 0 heterocycles. The number of aliphatic hydroxyl groups is 1. The van der Waals surface area contributed by atoms with Crippen molar-refractivity contribution >= 4 is 0 Å². The summed E-state index contributed by atoms with van der Waals surface area (Å²) in [5.41, 5.74) is 0.419. The summed E-state index contributed by atoms with van der Waals surface area (Å²) in [6.45, 7) is 9.02. The van der Waals surface area contributed by atoms with E-state index in [2.05, 4.69) is 27.7 Å². The average molecular weight is 214 g/mol. The van der Waals surface area contributed by atoms with Crippen LogP contribution in [0.3, 0.4) is 0 Å². The summed E-state index contributed by atoms with van der Waals surface area (Å²) in [6.07, 6.45) is 9.40. The maximum Gasteiger partial charge on any atom is 0.0540 e. The molecule has 0 aromatic rings. The molecule has 0 radical (unpaired) electrons. The van der Waals surface area contributed by atoms with Crippen LogP contribution in [0.25, 0.3) is 0 Å². The predicted molar refractivity (Wildman–Crippen MR) is 68.1 cm³/mol. The standard InChI is InChI=1S/C14H30O/c1-5-6-7-8-10-13(15)11-9-12-14(2,3)4/h13,15H,5-12H2,1-4H3/t13-/m0/s1. The molecule has 0 spiro atoms. The average Bonchev–Trinajstić information content (AvgIpc) is 2.10. The van der Waals surface area contributed by atoms with Gasteiger partial charge < -0.3 is 5.11 Å². The Hall–Kier alpha value is -0.0400. The summed E-state index contributed by atoms with van der Waals surface area (Å²) in [6, 6.07) is 0. The molecule has 0 aliphatic rings. The van der Waals surface area contributed by atoms with Gasteiger partial charge in [0, 0.05) is 0 Å². The number of rotatable bonds is 8. The molecule has 1 N–H and O–H groups in total. The Kier molecular flexibility index (Phi) is 8.13. The lowest BCUT2D eigenvalue weighted by Gasteiger charge is -2.19. The number of hydrogen-bond acceptors (Lipinski definition) is 1. The van der Waals surface area contributed by atoms with E-state index in [1.54, 1.807) is 0 Å². The zero-order chi connectivity index (χ0) is 11.7. The fraction of sp³-hybridized carbons (Fsp3) is 1.00. The number of hydrogen-bond donors (Lipinski definition) is 1. The second-order valence-corrected chi connectivity index (χ2v) is 5.96. The lowest BCUT2D eigenvalue weighted by Crippen LogP contribution is -2.10. The van der Waals surface area contributed by atoms with Crippen LogP contribution in [0.1, 0.15) is 79.1 Å². The topological polar surface area (TPSA) is 20.2 Å². The van der Waals surface area contributed by atoms with Crippen molar-refractivity contribution in [1.82, 2.24) is 0 Å². The molecule has 15 heavy (non-hydrogen) atoms. The lowest BCUT2D eigenvalue weighted by atomic mass is 9.89. The monoisotopic (exact) mass is 214 g/mol. The number of aliphatic hydroxyl groups excluding tert-OH is 1. The van der Waals surface area contributed by atoms with E-state index in [0.29, 0.717) is 5.41 Å². The smallest absolute Gasteiger partial charge is 0.0540 e. The van der Waals surface area contributed by atoms with Crippen LogP contribution < -0.4 is 0 Å². The Morgan fingerprint density at radius 2 is 1.53 bits per heavy atom. The van der Waals surface area contributed by atoms with Crippen LogP contribution in [0, 0.1) is 5.41 Å². The van der Waals surface area contributed by atoms with Gasteiger partial charge in [0.15, 0.2) is 0 Å². The van der Waals surface area contributed by atoms with E-state index in [1.165, 1.54) is 38.5 Å². The maximum absolute atomic E-state index is 9.75. The van der Waals surface area contributed by atoms with Gasteiger partial charge in [-0.1, -0.05) is 59.8 Å². The molecule has 0 fully saturated rings. The van der Waals surface area contributed by atoms with E-state index in [1.807, 2.05) is 0 Å². The molecule has 0 aromatic heterocycles. The first-order chi connectivity index (χ1) is 6.95. The molecule has 0 saturated heterocycles. The zero-order valence-corrected chi connectivity index (χ0v) is 11.2. The van der Waals surface area contributed by atoms with E-state index < -0.39 is 0 Å². The minimum Gasteiger partial charge on any atom is -0.393 e. The summed E-state index contributed by atoms with van der Waals surface area (Å²) in [4.78, 5) is 0. The van der Waals surface area contributed by atoms with Gasteiger partial charge in [0.2, 0.25) is 0 Å². The van der Waals surface area contributed by atoms with Crippen LogP contribution in [0.4, 0.5) is 0 Å². The normalized spacial score (nSPS) is 14.2. The van der Waals surface area contributed by atoms with Crippen molar-refractivity contribution < 1.29 is 5.11 Å². The summed E-state index contributed by atoms with van der Waals surface area (Å²) in [7, 11) is 0. The van der Waals surface area contributed by atoms with E-state index >= 15 is 0 Å². The summed E-state index contributed by atoms with van der Waals surface area (Å²) >= 11 is 0. The van der Waals surface area contributed by atoms with E-state index in [4.69, 9.17) is 0 Å². The molecule has 1 heteroatoms. The first-order valence-electron chi connectivity index (χ1n) is 6.64. The first kappa shape index (κ1) is 15.0. The van der Waals surface area contributed by atoms with Gasteiger partial charge in [0.25, 0.3) is 0 Å². The Labute approximate surface area is 96.3 Å². The molecule has 92 valence electrons. The summed E-state index contributed by atoms with van der Waals surface area (Å²) in [5, 5.41) is 9.75. The lowest BCUT2D eigenvalue weighted by molar-refractivity contribution is 0.143. The van der Waals surface area contributed by atoms with Crippen molar-refractivity contribution in [3.8, 4) is 0 Å². The van der Waals surface area contributed by atoms with E-state index in [9.17, 15) is 5.11 Å². The fourth-order valence-electron chi connectivity index (χ4n) is 1.82. The van der Waals surface area contributed by atoms with Gasteiger partial charge >= 0.3 is 0 Å². The quantitative estimate of drug-likeness (QED) is 0.588. The Morgan fingerprint density at radius 3 is 2.07 bits per heavy atom. The second kappa shape index (κ2) is 8.15. The third-order valence-electron chi connectivity index (χ3n) is 2.86. The highest BCUT2D eigenvalue weighted by molar-refractivity contribution is 4.64. The van der Waals surface area contributed by atoms with Crippen LogP contribution in [0.2, 0.25) is 0 Å².